The maximum atomic E-state index is 11.9. The lowest BCUT2D eigenvalue weighted by Crippen LogP contribution is -2.78. The minimum atomic E-state index is -0.376. The van der Waals surface area contributed by atoms with Crippen LogP contribution < -0.4 is 15.7 Å². The Labute approximate surface area is 134 Å². The highest BCUT2D eigenvalue weighted by Crippen LogP contribution is 2.23. The van der Waals surface area contributed by atoms with Crippen molar-refractivity contribution in [1.82, 2.24) is 0 Å². The van der Waals surface area contributed by atoms with Crippen molar-refractivity contribution in [2.45, 2.75) is 5.33 Å². The summed E-state index contributed by atoms with van der Waals surface area (Å²) < 4.78 is 4.82. The Hall–Kier alpha value is -2.34. The molecule has 0 fully saturated rings. The topological polar surface area (TPSA) is 69.7 Å². The quantitative estimate of drug-likeness (QED) is 0.640. The average Bonchev–Trinajstić information content (AvgIpc) is 2.92. The number of carbonyl (C=O) groups is 2. The molecule has 1 aliphatic heterocycles. The molecule has 110 valence electrons. The maximum absolute atomic E-state index is 11.9. The molecule has 0 spiro atoms. The van der Waals surface area contributed by atoms with Crippen LogP contribution in [0.4, 0.5) is 4.79 Å². The van der Waals surface area contributed by atoms with Crippen molar-refractivity contribution in [2.24, 2.45) is 4.99 Å². The average molecular weight is 360 g/mol. The smallest absolute Gasteiger partial charge is 0.465 e. The minimum absolute atomic E-state index is 0.364. The van der Waals surface area contributed by atoms with Gasteiger partial charge in [0.15, 0.2) is 5.36 Å². The van der Waals surface area contributed by atoms with Crippen molar-refractivity contribution in [3.8, 4) is 11.1 Å². The van der Waals surface area contributed by atoms with Gasteiger partial charge in [-0.3, -0.25) is 0 Å². The second-order valence-electron chi connectivity index (χ2n) is 4.77. The molecule has 2 aromatic carbocycles. The highest BCUT2D eigenvalue weighted by Gasteiger charge is 2.16. The van der Waals surface area contributed by atoms with Crippen LogP contribution in [0.5, 0.6) is 0 Å². The van der Waals surface area contributed by atoms with Crippen LogP contribution in [0.1, 0.15) is 15.9 Å². The number of nitrogens with one attached hydrogen (secondary N) is 1. The predicted molar refractivity (Wildman–Crippen MR) is 82.1 cm³/mol. The monoisotopic (exact) mass is 359 g/mol. The van der Waals surface area contributed by atoms with E-state index in [0.29, 0.717) is 21.6 Å². The molecule has 2 aromatic rings. The van der Waals surface area contributed by atoms with Crippen LogP contribution in [-0.2, 0) is 10.1 Å². The van der Waals surface area contributed by atoms with E-state index < -0.39 is 0 Å². The predicted octanol–water partition coefficient (Wildman–Crippen LogP) is 0.489. The zero-order valence-electron chi connectivity index (χ0n) is 11.7. The molecule has 5 nitrogen and oxygen atoms in total. The van der Waals surface area contributed by atoms with Crippen LogP contribution in [-0.4, -0.2) is 19.1 Å². The highest BCUT2D eigenvalue weighted by atomic mass is 79.9. The summed E-state index contributed by atoms with van der Waals surface area (Å²) >= 11 is 3.37. The molecule has 3 rings (SSSR count). The maximum Gasteiger partial charge on any atom is 0.538 e. The Balaban J connectivity index is 2.12. The summed E-state index contributed by atoms with van der Waals surface area (Å²) in [6.07, 6.45) is 0. The fraction of sp³-hybridized carbons (Fsp3) is 0.125. The van der Waals surface area contributed by atoms with Gasteiger partial charge < -0.3 is 4.74 Å². The summed E-state index contributed by atoms with van der Waals surface area (Å²) in [6, 6.07) is 10.7. The third-order valence-electron chi connectivity index (χ3n) is 3.45. The molecular weight excluding hydrogens is 348 g/mol. The lowest BCUT2D eigenvalue weighted by atomic mass is 9.99. The first-order valence-electron chi connectivity index (χ1n) is 6.56. The van der Waals surface area contributed by atoms with Gasteiger partial charge >= 0.3 is 12.0 Å². The zero-order valence-corrected chi connectivity index (χ0v) is 13.3. The molecule has 0 saturated heterocycles. The summed E-state index contributed by atoms with van der Waals surface area (Å²) in [6.45, 7) is 0. The molecule has 0 unspecified atom stereocenters. The molecule has 0 aliphatic carbocycles. The van der Waals surface area contributed by atoms with Crippen LogP contribution in [0.2, 0.25) is 0 Å². The molecule has 0 bridgehead atoms. The first-order valence-corrected chi connectivity index (χ1v) is 7.69. The standard InChI is InChI=1S/C16H11BrN2O3/c1-22-15(20)12-6-9(2-3-11(12)8-17)10-4-5-13-14(7-10)19-16(21)18-13/h2-7H,8H2,1H3/p+1. The van der Waals surface area contributed by atoms with Crippen molar-refractivity contribution < 1.29 is 19.3 Å². The van der Waals surface area contributed by atoms with E-state index in [2.05, 4.69) is 25.9 Å². The molecule has 1 heterocycles. The number of nitrogens with zero attached hydrogens (tertiary/aromatic N) is 1. The van der Waals surface area contributed by atoms with Crippen LogP contribution in [0.3, 0.4) is 0 Å². The number of hydrogen-bond acceptors (Lipinski definition) is 3. The summed E-state index contributed by atoms with van der Waals surface area (Å²) in [4.78, 5) is 29.7. The number of amides is 2. The second-order valence-corrected chi connectivity index (χ2v) is 5.33. The fourth-order valence-electron chi connectivity index (χ4n) is 2.33. The Morgan fingerprint density at radius 1 is 1.23 bits per heavy atom. The van der Waals surface area contributed by atoms with Crippen LogP contribution in [0.15, 0.2) is 41.4 Å². The Bertz CT molecular complexity index is 906. The van der Waals surface area contributed by atoms with Gasteiger partial charge in [0.05, 0.1) is 12.7 Å². The van der Waals surface area contributed by atoms with Gasteiger partial charge in [-0.2, -0.15) is 9.79 Å². The van der Waals surface area contributed by atoms with Gasteiger partial charge in [-0.25, -0.2) is 4.79 Å². The number of halogens is 1. The number of benzene rings is 2. The number of carbonyl (C=O) groups excluding carboxylic acids is 2. The molecule has 0 saturated carbocycles. The number of esters is 1. The molecule has 0 atom stereocenters. The van der Waals surface area contributed by atoms with Gasteiger partial charge in [0.25, 0.3) is 0 Å². The normalized spacial score (nSPS) is 12.4. The van der Waals surface area contributed by atoms with E-state index in [9.17, 15) is 9.59 Å². The SMILES string of the molecule is COC(=O)c1cc(-c2ccc3c(c2)=NC(=O)[NH+]=3)ccc1CBr. The fourth-order valence-corrected chi connectivity index (χ4v) is 2.82. The van der Waals surface area contributed by atoms with E-state index >= 15 is 0 Å². The zero-order chi connectivity index (χ0) is 15.7. The van der Waals surface area contributed by atoms with E-state index in [0.717, 1.165) is 16.7 Å². The summed E-state index contributed by atoms with van der Waals surface area (Å²) in [5.41, 5.74) is 3.12. The Kier molecular flexibility index (Phi) is 3.85. The van der Waals surface area contributed by atoms with E-state index in [1.807, 2.05) is 24.3 Å². The number of alkyl halides is 1. The minimum Gasteiger partial charge on any atom is -0.465 e. The number of ether oxygens (including phenoxy) is 1. The van der Waals surface area contributed by atoms with Gasteiger partial charge in [0.1, 0.15) is 0 Å². The second kappa shape index (κ2) is 5.81. The van der Waals surface area contributed by atoms with Crippen LogP contribution in [0.25, 0.3) is 11.1 Å². The molecule has 6 heteroatoms. The number of methoxy groups -OCH3 is 1. The molecule has 22 heavy (non-hydrogen) atoms. The molecule has 0 radical (unpaired) electrons. The molecule has 0 aromatic heterocycles. The number of rotatable bonds is 3. The number of fused-ring (bicyclic) bond motifs is 1. The van der Waals surface area contributed by atoms with E-state index in [1.54, 1.807) is 12.1 Å². The number of urea groups is 1. The van der Waals surface area contributed by atoms with Crippen molar-refractivity contribution in [3.05, 3.63) is 58.2 Å². The van der Waals surface area contributed by atoms with Gasteiger partial charge in [-0.1, -0.05) is 28.1 Å². The Morgan fingerprint density at radius 2 is 1.95 bits per heavy atom. The summed E-state index contributed by atoms with van der Waals surface area (Å²) in [7, 11) is 1.36. The Morgan fingerprint density at radius 3 is 2.68 bits per heavy atom. The van der Waals surface area contributed by atoms with E-state index in [4.69, 9.17) is 4.74 Å². The van der Waals surface area contributed by atoms with Gasteiger partial charge in [-0.15, -0.1) is 0 Å². The first kappa shape index (κ1) is 14.6. The van der Waals surface area contributed by atoms with Crippen molar-refractivity contribution in [2.75, 3.05) is 7.11 Å². The van der Waals surface area contributed by atoms with Gasteiger partial charge in [0.2, 0.25) is 5.36 Å². The van der Waals surface area contributed by atoms with E-state index in [1.165, 1.54) is 7.11 Å². The van der Waals surface area contributed by atoms with Gasteiger partial charge in [0, 0.05) is 16.4 Å². The number of hydrogen-bond donors (Lipinski definition) is 1. The van der Waals surface area contributed by atoms with Gasteiger partial charge in [-0.05, 0) is 34.9 Å². The van der Waals surface area contributed by atoms with Crippen molar-refractivity contribution in [1.29, 1.82) is 0 Å². The molecule has 1 N–H and O–H groups in total. The molecular formula is C16H12BrN2O3+. The molecule has 1 aliphatic rings. The summed E-state index contributed by atoms with van der Waals surface area (Å²) in [5, 5.41) is 1.86. The summed E-state index contributed by atoms with van der Waals surface area (Å²) in [5.74, 6) is -0.376. The lowest BCUT2D eigenvalue weighted by molar-refractivity contribution is -0.382. The molecule has 2 amide bonds. The van der Waals surface area contributed by atoms with Crippen LogP contribution >= 0.6 is 15.9 Å². The van der Waals surface area contributed by atoms with Crippen LogP contribution in [0, 0.1) is 0 Å². The van der Waals surface area contributed by atoms with E-state index in [-0.39, 0.29) is 12.0 Å². The van der Waals surface area contributed by atoms with Crippen molar-refractivity contribution >= 4 is 27.9 Å². The third kappa shape index (κ3) is 2.57. The van der Waals surface area contributed by atoms with Crippen molar-refractivity contribution in [3.63, 3.8) is 0 Å². The highest BCUT2D eigenvalue weighted by molar-refractivity contribution is 9.08. The first-order chi connectivity index (χ1) is 10.6. The lowest BCUT2D eigenvalue weighted by Gasteiger charge is -2.08. The largest absolute Gasteiger partial charge is 0.538 e. The third-order valence-corrected chi connectivity index (χ3v) is 4.06.